The van der Waals surface area contributed by atoms with Crippen LogP contribution in [0.15, 0.2) is 54.6 Å². The summed E-state index contributed by atoms with van der Waals surface area (Å²) in [5, 5.41) is 11.4. The average Bonchev–Trinajstić information content (AvgIpc) is 3.14. The minimum atomic E-state index is -0.210. The summed E-state index contributed by atoms with van der Waals surface area (Å²) in [4.78, 5) is 17.6. The highest BCUT2D eigenvalue weighted by molar-refractivity contribution is 6.07. The highest BCUT2D eigenvalue weighted by atomic mass is 16.3. The van der Waals surface area contributed by atoms with Crippen LogP contribution < -0.4 is 4.90 Å². The Kier molecular flexibility index (Phi) is 3.38. The Morgan fingerprint density at radius 1 is 1.17 bits per heavy atom. The fourth-order valence-electron chi connectivity index (χ4n) is 3.23. The standard InChI is InChI=1S/C20H18N2O2/c1-13-6-8-14(9-7-13)18(23)12-19(24)22-11-10-16-15-4-2-3-5-17(15)21-20(16)22/h2-9,12,21,23H,10-11H2,1H3/b18-12-. The Bertz CT molecular complexity index is 951. The summed E-state index contributed by atoms with van der Waals surface area (Å²) < 4.78 is 0. The molecule has 0 atom stereocenters. The van der Waals surface area contributed by atoms with Gasteiger partial charge in [-0.1, -0.05) is 48.0 Å². The summed E-state index contributed by atoms with van der Waals surface area (Å²) in [6.45, 7) is 2.61. The van der Waals surface area contributed by atoms with Crippen molar-refractivity contribution in [2.75, 3.05) is 11.4 Å². The number of nitrogens with one attached hydrogen (secondary N) is 1. The van der Waals surface area contributed by atoms with E-state index in [9.17, 15) is 9.90 Å². The van der Waals surface area contributed by atoms with E-state index in [0.717, 1.165) is 28.7 Å². The Balaban J connectivity index is 1.65. The molecule has 0 bridgehead atoms. The van der Waals surface area contributed by atoms with Gasteiger partial charge in [-0.15, -0.1) is 0 Å². The van der Waals surface area contributed by atoms with Crippen molar-refractivity contribution in [3.8, 4) is 0 Å². The van der Waals surface area contributed by atoms with Crippen molar-refractivity contribution in [2.24, 2.45) is 0 Å². The third-order valence-corrected chi connectivity index (χ3v) is 4.52. The van der Waals surface area contributed by atoms with E-state index in [0.29, 0.717) is 12.1 Å². The number of aromatic nitrogens is 1. The SMILES string of the molecule is Cc1ccc(/C(O)=C/C(=O)N2CCc3c2[nH]c2ccccc32)cc1. The van der Waals surface area contributed by atoms with Gasteiger partial charge >= 0.3 is 0 Å². The molecule has 3 aromatic rings. The van der Waals surface area contributed by atoms with Crippen LogP contribution in [-0.2, 0) is 11.2 Å². The predicted octanol–water partition coefficient (Wildman–Crippen LogP) is 3.96. The lowest BCUT2D eigenvalue weighted by Crippen LogP contribution is -2.27. The number of H-pyrrole nitrogens is 1. The van der Waals surface area contributed by atoms with Crippen LogP contribution in [0, 0.1) is 6.92 Å². The molecule has 1 aliphatic heterocycles. The maximum Gasteiger partial charge on any atom is 0.255 e. The van der Waals surface area contributed by atoms with Gasteiger partial charge in [0.2, 0.25) is 0 Å². The average molecular weight is 318 g/mol. The monoisotopic (exact) mass is 318 g/mol. The Morgan fingerprint density at radius 3 is 2.71 bits per heavy atom. The molecule has 0 unspecified atom stereocenters. The van der Waals surface area contributed by atoms with E-state index < -0.39 is 0 Å². The number of para-hydroxylation sites is 1. The fraction of sp³-hybridized carbons (Fsp3) is 0.150. The number of anilines is 1. The van der Waals surface area contributed by atoms with Crippen LogP contribution in [0.5, 0.6) is 0 Å². The van der Waals surface area contributed by atoms with Crippen LogP contribution in [0.2, 0.25) is 0 Å². The highest BCUT2D eigenvalue weighted by Gasteiger charge is 2.27. The molecule has 1 aliphatic rings. The second-order valence-electron chi connectivity index (χ2n) is 6.13. The second kappa shape index (κ2) is 5.57. The number of aliphatic hydroxyl groups excluding tert-OH is 1. The molecule has 0 fully saturated rings. The first-order valence-electron chi connectivity index (χ1n) is 8.02. The Morgan fingerprint density at radius 2 is 1.92 bits per heavy atom. The highest BCUT2D eigenvalue weighted by Crippen LogP contribution is 2.34. The lowest BCUT2D eigenvalue weighted by atomic mass is 10.1. The number of fused-ring (bicyclic) bond motifs is 3. The molecule has 24 heavy (non-hydrogen) atoms. The number of hydrogen-bond donors (Lipinski definition) is 2. The molecule has 0 radical (unpaired) electrons. The van der Waals surface area contributed by atoms with Gasteiger partial charge in [0.05, 0.1) is 0 Å². The van der Waals surface area contributed by atoms with E-state index in [1.54, 1.807) is 4.90 Å². The van der Waals surface area contributed by atoms with Crippen molar-refractivity contribution in [1.82, 2.24) is 4.98 Å². The van der Waals surface area contributed by atoms with Crippen molar-refractivity contribution in [1.29, 1.82) is 0 Å². The molecule has 4 nitrogen and oxygen atoms in total. The molecule has 0 spiro atoms. The van der Waals surface area contributed by atoms with Crippen LogP contribution in [0.3, 0.4) is 0 Å². The van der Waals surface area contributed by atoms with Crippen LogP contribution in [0.25, 0.3) is 16.7 Å². The smallest absolute Gasteiger partial charge is 0.255 e. The number of hydrogen-bond acceptors (Lipinski definition) is 2. The van der Waals surface area contributed by atoms with Crippen molar-refractivity contribution in [2.45, 2.75) is 13.3 Å². The number of carbonyl (C=O) groups is 1. The van der Waals surface area contributed by atoms with Crippen LogP contribution in [0.1, 0.15) is 16.7 Å². The third kappa shape index (κ3) is 2.36. The zero-order chi connectivity index (χ0) is 16.7. The van der Waals surface area contributed by atoms with E-state index >= 15 is 0 Å². The van der Waals surface area contributed by atoms with Gasteiger partial charge in [-0.2, -0.15) is 0 Å². The third-order valence-electron chi connectivity index (χ3n) is 4.52. The van der Waals surface area contributed by atoms with E-state index in [2.05, 4.69) is 11.1 Å². The summed E-state index contributed by atoms with van der Waals surface area (Å²) in [6.07, 6.45) is 2.12. The van der Waals surface area contributed by atoms with E-state index in [1.807, 2.05) is 49.4 Å². The topological polar surface area (TPSA) is 56.3 Å². The number of aromatic amines is 1. The maximum absolute atomic E-state index is 12.6. The number of benzene rings is 2. The second-order valence-corrected chi connectivity index (χ2v) is 6.13. The molecule has 2 N–H and O–H groups in total. The fourth-order valence-corrected chi connectivity index (χ4v) is 3.23. The molecule has 4 heteroatoms. The molecule has 2 aromatic carbocycles. The maximum atomic E-state index is 12.6. The van der Waals surface area contributed by atoms with E-state index in [1.165, 1.54) is 11.6 Å². The molecule has 120 valence electrons. The first-order chi connectivity index (χ1) is 11.6. The molecule has 4 rings (SSSR count). The van der Waals surface area contributed by atoms with Gasteiger partial charge in [-0.25, -0.2) is 0 Å². The number of rotatable bonds is 2. The minimum absolute atomic E-state index is 0.00967. The Labute approximate surface area is 140 Å². The molecular weight excluding hydrogens is 300 g/mol. The van der Waals surface area contributed by atoms with Crippen molar-refractivity contribution in [3.63, 3.8) is 0 Å². The largest absolute Gasteiger partial charge is 0.507 e. The van der Waals surface area contributed by atoms with Gasteiger partial charge in [0.1, 0.15) is 11.6 Å². The first kappa shape index (κ1) is 14.6. The molecule has 0 aliphatic carbocycles. The molecule has 0 saturated carbocycles. The van der Waals surface area contributed by atoms with Gasteiger partial charge in [0.25, 0.3) is 5.91 Å². The lowest BCUT2D eigenvalue weighted by Gasteiger charge is -2.14. The number of amides is 1. The summed E-state index contributed by atoms with van der Waals surface area (Å²) in [7, 11) is 0. The molecule has 2 heterocycles. The molecule has 1 aromatic heterocycles. The summed E-state index contributed by atoms with van der Waals surface area (Å²) >= 11 is 0. The van der Waals surface area contributed by atoms with Crippen molar-refractivity contribution < 1.29 is 9.90 Å². The molecular formula is C20H18N2O2. The zero-order valence-corrected chi connectivity index (χ0v) is 13.4. The predicted molar refractivity (Wildman–Crippen MR) is 96.1 cm³/mol. The van der Waals surface area contributed by atoms with Gasteiger partial charge in [0.15, 0.2) is 0 Å². The van der Waals surface area contributed by atoms with Crippen molar-refractivity contribution >= 4 is 28.4 Å². The van der Waals surface area contributed by atoms with Gasteiger partial charge < -0.3 is 10.1 Å². The van der Waals surface area contributed by atoms with Gasteiger partial charge in [-0.05, 0) is 19.4 Å². The number of nitrogens with zero attached hydrogens (tertiary/aromatic N) is 1. The molecule has 1 amide bonds. The van der Waals surface area contributed by atoms with Gasteiger partial charge in [0, 0.05) is 34.7 Å². The minimum Gasteiger partial charge on any atom is -0.507 e. The summed E-state index contributed by atoms with van der Waals surface area (Å²) in [5.74, 6) is 0.622. The summed E-state index contributed by atoms with van der Waals surface area (Å²) in [5.41, 5.74) is 3.96. The zero-order valence-electron chi connectivity index (χ0n) is 13.4. The summed E-state index contributed by atoms with van der Waals surface area (Å²) in [6, 6.07) is 15.5. The quantitative estimate of drug-likeness (QED) is 0.555. The van der Waals surface area contributed by atoms with Crippen LogP contribution in [-0.4, -0.2) is 22.5 Å². The van der Waals surface area contributed by atoms with Gasteiger partial charge in [-0.3, -0.25) is 9.69 Å². The Hall–Kier alpha value is -3.01. The van der Waals surface area contributed by atoms with E-state index in [4.69, 9.17) is 0 Å². The normalized spacial score (nSPS) is 14.2. The number of aliphatic hydroxyl groups is 1. The van der Waals surface area contributed by atoms with E-state index in [-0.39, 0.29) is 11.7 Å². The van der Waals surface area contributed by atoms with Crippen molar-refractivity contribution in [3.05, 3.63) is 71.3 Å². The van der Waals surface area contributed by atoms with Crippen LogP contribution >= 0.6 is 0 Å². The lowest BCUT2D eigenvalue weighted by molar-refractivity contribution is -0.114. The number of aryl methyl sites for hydroxylation is 1. The first-order valence-corrected chi connectivity index (χ1v) is 8.02. The molecule has 0 saturated heterocycles. The van der Waals surface area contributed by atoms with Crippen LogP contribution in [0.4, 0.5) is 5.82 Å². The number of carbonyl (C=O) groups excluding carboxylic acids is 1.